The predicted octanol–water partition coefficient (Wildman–Crippen LogP) is 2.75. The number of carbonyl (C=O) groups is 1. The van der Waals surface area contributed by atoms with Crippen LogP contribution in [0.3, 0.4) is 0 Å². The van der Waals surface area contributed by atoms with Gasteiger partial charge >= 0.3 is 5.97 Å². The molecule has 0 aromatic heterocycles. The highest BCUT2D eigenvalue weighted by Crippen LogP contribution is 2.40. The van der Waals surface area contributed by atoms with Crippen LogP contribution in [0.15, 0.2) is 0 Å². The zero-order chi connectivity index (χ0) is 12.2. The van der Waals surface area contributed by atoms with Crippen molar-refractivity contribution in [3.8, 4) is 0 Å². The zero-order valence-electron chi connectivity index (χ0n) is 10.8. The number of rotatable bonds is 5. The minimum Gasteiger partial charge on any atom is -0.481 e. The summed E-state index contributed by atoms with van der Waals surface area (Å²) in [5.74, 6) is -0.155. The second kappa shape index (κ2) is 5.67. The molecule has 1 N–H and O–H groups in total. The first-order chi connectivity index (χ1) is 7.56. The number of hydrogen-bond acceptors (Lipinski definition) is 2. The van der Waals surface area contributed by atoms with E-state index in [0.29, 0.717) is 12.3 Å². The third-order valence-electron chi connectivity index (χ3n) is 4.26. The Morgan fingerprint density at radius 1 is 1.38 bits per heavy atom. The van der Waals surface area contributed by atoms with Crippen molar-refractivity contribution in [2.75, 3.05) is 13.1 Å². The Balaban J connectivity index is 2.93. The van der Waals surface area contributed by atoms with Gasteiger partial charge in [0.25, 0.3) is 0 Å². The van der Waals surface area contributed by atoms with E-state index in [1.54, 1.807) is 0 Å². The molecule has 1 rings (SSSR count). The Bertz CT molecular complexity index is 238. The van der Waals surface area contributed by atoms with Gasteiger partial charge in [0.15, 0.2) is 0 Å². The van der Waals surface area contributed by atoms with Gasteiger partial charge in [0, 0.05) is 5.54 Å². The highest BCUT2D eigenvalue weighted by atomic mass is 16.4. The molecular formula is C13H25NO2. The number of aliphatic carboxylic acids is 1. The van der Waals surface area contributed by atoms with E-state index in [-0.39, 0.29) is 5.54 Å². The maximum atomic E-state index is 11.1. The Morgan fingerprint density at radius 3 is 2.44 bits per heavy atom. The summed E-state index contributed by atoms with van der Waals surface area (Å²) in [6.45, 7) is 8.39. The van der Waals surface area contributed by atoms with Crippen LogP contribution in [0.5, 0.6) is 0 Å². The monoisotopic (exact) mass is 227 g/mol. The van der Waals surface area contributed by atoms with Crippen LogP contribution in [0.1, 0.15) is 52.9 Å². The second-order valence-corrected chi connectivity index (χ2v) is 4.99. The van der Waals surface area contributed by atoms with E-state index in [0.717, 1.165) is 19.5 Å². The molecule has 2 unspecified atom stereocenters. The first-order valence-corrected chi connectivity index (χ1v) is 6.53. The quantitative estimate of drug-likeness (QED) is 0.785. The number of carboxylic acids is 1. The van der Waals surface area contributed by atoms with Crippen LogP contribution in [0.2, 0.25) is 0 Å². The summed E-state index contributed by atoms with van der Waals surface area (Å²) in [7, 11) is 0. The summed E-state index contributed by atoms with van der Waals surface area (Å²) >= 11 is 0. The van der Waals surface area contributed by atoms with Crippen LogP contribution in [0.25, 0.3) is 0 Å². The molecule has 0 bridgehead atoms. The average molecular weight is 227 g/mol. The molecule has 1 aliphatic carbocycles. The molecule has 0 aromatic rings. The maximum Gasteiger partial charge on any atom is 0.305 e. The van der Waals surface area contributed by atoms with E-state index in [1.807, 2.05) is 0 Å². The Kier molecular flexibility index (Phi) is 4.78. The second-order valence-electron chi connectivity index (χ2n) is 4.99. The van der Waals surface area contributed by atoms with Gasteiger partial charge in [0.1, 0.15) is 0 Å². The van der Waals surface area contributed by atoms with Gasteiger partial charge in [-0.15, -0.1) is 0 Å². The minimum absolute atomic E-state index is 0.0897. The third kappa shape index (κ3) is 2.57. The molecule has 0 heterocycles. The van der Waals surface area contributed by atoms with Crippen molar-refractivity contribution in [3.63, 3.8) is 0 Å². The summed E-state index contributed by atoms with van der Waals surface area (Å²) < 4.78 is 0. The molecule has 0 aliphatic heterocycles. The van der Waals surface area contributed by atoms with Gasteiger partial charge in [0.05, 0.1) is 6.42 Å². The van der Waals surface area contributed by atoms with Crippen molar-refractivity contribution >= 4 is 5.97 Å². The molecule has 0 aromatic carbocycles. The van der Waals surface area contributed by atoms with Gasteiger partial charge in [-0.3, -0.25) is 9.69 Å². The molecule has 0 radical (unpaired) electrons. The molecule has 0 spiro atoms. The highest BCUT2D eigenvalue weighted by Gasteiger charge is 2.43. The fourth-order valence-corrected chi connectivity index (χ4v) is 3.36. The molecule has 1 aliphatic rings. The van der Waals surface area contributed by atoms with Crippen LogP contribution in [-0.4, -0.2) is 34.6 Å². The lowest BCUT2D eigenvalue weighted by atomic mass is 9.70. The Labute approximate surface area is 98.8 Å². The van der Waals surface area contributed by atoms with Gasteiger partial charge in [-0.1, -0.05) is 33.6 Å². The first-order valence-electron chi connectivity index (χ1n) is 6.53. The molecule has 0 amide bonds. The summed E-state index contributed by atoms with van der Waals surface area (Å²) in [4.78, 5) is 13.5. The normalized spacial score (nSPS) is 30.6. The average Bonchev–Trinajstić information content (AvgIpc) is 2.23. The molecule has 1 fully saturated rings. The minimum atomic E-state index is -0.652. The van der Waals surface area contributed by atoms with E-state index in [4.69, 9.17) is 5.11 Å². The van der Waals surface area contributed by atoms with Gasteiger partial charge in [-0.05, 0) is 31.8 Å². The van der Waals surface area contributed by atoms with Gasteiger partial charge in [-0.25, -0.2) is 0 Å². The molecule has 2 atom stereocenters. The van der Waals surface area contributed by atoms with Crippen LogP contribution in [0.4, 0.5) is 0 Å². The maximum absolute atomic E-state index is 11.1. The van der Waals surface area contributed by atoms with E-state index in [9.17, 15) is 4.79 Å². The number of carboxylic acid groups (broad SMARTS) is 1. The van der Waals surface area contributed by atoms with Gasteiger partial charge in [-0.2, -0.15) is 0 Å². The van der Waals surface area contributed by atoms with Gasteiger partial charge < -0.3 is 5.11 Å². The van der Waals surface area contributed by atoms with E-state index < -0.39 is 5.97 Å². The smallest absolute Gasteiger partial charge is 0.305 e. The van der Waals surface area contributed by atoms with Crippen molar-refractivity contribution in [3.05, 3.63) is 0 Å². The first kappa shape index (κ1) is 13.5. The Hall–Kier alpha value is -0.570. The van der Waals surface area contributed by atoms with Crippen LogP contribution >= 0.6 is 0 Å². The highest BCUT2D eigenvalue weighted by molar-refractivity contribution is 5.68. The predicted molar refractivity (Wildman–Crippen MR) is 65.5 cm³/mol. The van der Waals surface area contributed by atoms with Crippen LogP contribution < -0.4 is 0 Å². The number of nitrogens with zero attached hydrogens (tertiary/aromatic N) is 1. The standard InChI is InChI=1S/C13H25NO2/c1-4-14(5-2)13(10-12(15)16)9-7-6-8-11(13)3/h11H,4-10H2,1-3H3,(H,15,16). The Morgan fingerprint density at radius 2 is 2.00 bits per heavy atom. The van der Waals surface area contributed by atoms with E-state index >= 15 is 0 Å². The molecule has 0 saturated heterocycles. The summed E-state index contributed by atoms with van der Waals surface area (Å²) in [5, 5.41) is 9.16. The summed E-state index contributed by atoms with van der Waals surface area (Å²) in [5.41, 5.74) is -0.0897. The number of hydrogen-bond donors (Lipinski definition) is 1. The van der Waals surface area contributed by atoms with E-state index in [1.165, 1.54) is 19.3 Å². The van der Waals surface area contributed by atoms with Crippen molar-refractivity contribution in [2.24, 2.45) is 5.92 Å². The summed E-state index contributed by atoms with van der Waals surface area (Å²) in [6, 6.07) is 0. The molecule has 3 heteroatoms. The van der Waals surface area contributed by atoms with Crippen molar-refractivity contribution in [1.82, 2.24) is 4.90 Å². The molecular weight excluding hydrogens is 202 g/mol. The lowest BCUT2D eigenvalue weighted by Crippen LogP contribution is -2.55. The lowest BCUT2D eigenvalue weighted by molar-refractivity contribution is -0.142. The van der Waals surface area contributed by atoms with Crippen molar-refractivity contribution < 1.29 is 9.90 Å². The zero-order valence-corrected chi connectivity index (χ0v) is 10.8. The fourth-order valence-electron chi connectivity index (χ4n) is 3.36. The van der Waals surface area contributed by atoms with Crippen LogP contribution in [-0.2, 0) is 4.79 Å². The van der Waals surface area contributed by atoms with E-state index in [2.05, 4.69) is 25.7 Å². The largest absolute Gasteiger partial charge is 0.481 e. The summed E-state index contributed by atoms with van der Waals surface area (Å²) in [6.07, 6.45) is 4.94. The molecule has 1 saturated carbocycles. The lowest BCUT2D eigenvalue weighted by Gasteiger charge is -2.49. The molecule has 16 heavy (non-hydrogen) atoms. The third-order valence-corrected chi connectivity index (χ3v) is 4.26. The SMILES string of the molecule is CCN(CC)C1(CC(=O)O)CCCCC1C. The fraction of sp³-hybridized carbons (Fsp3) is 0.923. The topological polar surface area (TPSA) is 40.5 Å². The molecule has 94 valence electrons. The van der Waals surface area contributed by atoms with Gasteiger partial charge in [0.2, 0.25) is 0 Å². The van der Waals surface area contributed by atoms with Crippen molar-refractivity contribution in [1.29, 1.82) is 0 Å². The molecule has 3 nitrogen and oxygen atoms in total. The van der Waals surface area contributed by atoms with Crippen molar-refractivity contribution in [2.45, 2.75) is 58.4 Å². The van der Waals surface area contributed by atoms with Crippen LogP contribution in [0, 0.1) is 5.92 Å².